The molecule has 1 aromatic rings. The zero-order valence-electron chi connectivity index (χ0n) is 12.3. The summed E-state index contributed by atoms with van der Waals surface area (Å²) >= 11 is 4.97. The maximum absolute atomic E-state index is 12.2. The van der Waals surface area contributed by atoms with Crippen molar-refractivity contribution >= 4 is 27.5 Å². The van der Waals surface area contributed by atoms with Crippen LogP contribution in [0.3, 0.4) is 0 Å². The largest absolute Gasteiger partial charge is 0.376 e. The van der Waals surface area contributed by atoms with E-state index >= 15 is 0 Å². The first-order valence-corrected chi connectivity index (χ1v) is 8.61. The van der Waals surface area contributed by atoms with E-state index in [1.165, 1.54) is 28.7 Å². The molecule has 1 saturated heterocycles. The molecular formula is C12H21N5O2S2. The molecule has 118 valence electrons. The summed E-state index contributed by atoms with van der Waals surface area (Å²) < 4.78 is 26.9. The van der Waals surface area contributed by atoms with E-state index in [-0.39, 0.29) is 0 Å². The van der Waals surface area contributed by atoms with Crippen molar-refractivity contribution in [2.45, 2.75) is 19.3 Å². The molecule has 2 heterocycles. The van der Waals surface area contributed by atoms with Gasteiger partial charge in [0.25, 0.3) is 0 Å². The fraction of sp³-hybridized carbons (Fsp3) is 0.667. The number of hydrogen-bond acceptors (Lipinski definition) is 4. The number of likely N-dealkylation sites (tertiary alicyclic amines) is 1. The summed E-state index contributed by atoms with van der Waals surface area (Å²) in [6, 6.07) is 0. The Morgan fingerprint density at radius 3 is 2.62 bits per heavy atom. The second-order valence-electron chi connectivity index (χ2n) is 5.44. The van der Waals surface area contributed by atoms with Crippen molar-refractivity contribution in [2.24, 2.45) is 11.7 Å². The van der Waals surface area contributed by atoms with Gasteiger partial charge in [-0.25, -0.2) is 8.96 Å². The standard InChI is InChI=1S/C12H21N5O2S2/c1-15(2)21(18,19)17-9-14-8-11(17)7-10-3-5-16(6-4-10)12(13)20/h8-10H,3-7H2,1-2H3,(H2,13,20). The maximum atomic E-state index is 12.2. The van der Waals surface area contributed by atoms with Crippen LogP contribution in [0.5, 0.6) is 0 Å². The smallest absolute Gasteiger partial charge is 0.308 e. The Morgan fingerprint density at radius 1 is 1.48 bits per heavy atom. The Bertz CT molecular complexity index is 603. The molecule has 7 nitrogen and oxygen atoms in total. The second-order valence-corrected chi connectivity index (χ2v) is 7.88. The second kappa shape index (κ2) is 6.29. The van der Waals surface area contributed by atoms with Crippen molar-refractivity contribution in [3.8, 4) is 0 Å². The monoisotopic (exact) mass is 331 g/mol. The highest BCUT2D eigenvalue weighted by atomic mass is 32.2. The molecule has 0 bridgehead atoms. The van der Waals surface area contributed by atoms with Crippen LogP contribution in [0.25, 0.3) is 0 Å². The lowest BCUT2D eigenvalue weighted by Crippen LogP contribution is -2.42. The first-order chi connectivity index (χ1) is 9.82. The highest BCUT2D eigenvalue weighted by Gasteiger charge is 2.24. The van der Waals surface area contributed by atoms with Crippen molar-refractivity contribution in [1.29, 1.82) is 0 Å². The van der Waals surface area contributed by atoms with Gasteiger partial charge in [-0.15, -0.1) is 0 Å². The molecule has 21 heavy (non-hydrogen) atoms. The lowest BCUT2D eigenvalue weighted by Gasteiger charge is -2.32. The van der Waals surface area contributed by atoms with Crippen LogP contribution in [0.2, 0.25) is 0 Å². The number of thiocarbonyl (C=S) groups is 1. The van der Waals surface area contributed by atoms with Gasteiger partial charge in [0.2, 0.25) is 0 Å². The van der Waals surface area contributed by atoms with Crippen LogP contribution in [0.15, 0.2) is 12.5 Å². The minimum absolute atomic E-state index is 0.420. The van der Waals surface area contributed by atoms with Crippen LogP contribution in [0.1, 0.15) is 18.5 Å². The molecule has 0 aliphatic carbocycles. The third-order valence-corrected chi connectivity index (χ3v) is 5.82. The normalized spacial score (nSPS) is 17.4. The Hall–Kier alpha value is -1.19. The Morgan fingerprint density at radius 2 is 2.10 bits per heavy atom. The minimum atomic E-state index is -3.50. The van der Waals surface area contributed by atoms with Crippen LogP contribution < -0.4 is 5.73 Å². The third-order valence-electron chi connectivity index (χ3n) is 3.81. The summed E-state index contributed by atoms with van der Waals surface area (Å²) in [4.78, 5) is 5.97. The number of rotatable bonds is 4. The predicted octanol–water partition coefficient (Wildman–Crippen LogP) is 0.0357. The molecule has 0 spiro atoms. The van der Waals surface area contributed by atoms with Gasteiger partial charge in [0.15, 0.2) is 5.11 Å². The minimum Gasteiger partial charge on any atom is -0.376 e. The van der Waals surface area contributed by atoms with E-state index in [0.29, 0.717) is 17.5 Å². The summed E-state index contributed by atoms with van der Waals surface area (Å²) in [6.07, 6.45) is 5.57. The van der Waals surface area contributed by atoms with Gasteiger partial charge in [0, 0.05) is 33.4 Å². The Kier molecular flexibility index (Phi) is 4.84. The van der Waals surface area contributed by atoms with E-state index in [4.69, 9.17) is 18.0 Å². The van der Waals surface area contributed by atoms with Crippen molar-refractivity contribution in [1.82, 2.24) is 18.2 Å². The highest BCUT2D eigenvalue weighted by Crippen LogP contribution is 2.22. The molecule has 1 aromatic heterocycles. The lowest BCUT2D eigenvalue weighted by molar-refractivity contribution is 0.265. The lowest BCUT2D eigenvalue weighted by atomic mass is 9.92. The molecule has 0 atom stereocenters. The highest BCUT2D eigenvalue weighted by molar-refractivity contribution is 7.87. The molecule has 2 rings (SSSR count). The van der Waals surface area contributed by atoms with Crippen molar-refractivity contribution in [3.63, 3.8) is 0 Å². The first-order valence-electron chi connectivity index (χ1n) is 6.81. The van der Waals surface area contributed by atoms with E-state index < -0.39 is 10.2 Å². The number of nitrogens with two attached hydrogens (primary N) is 1. The topological polar surface area (TPSA) is 84.5 Å². The molecule has 1 fully saturated rings. The average Bonchev–Trinajstić information content (AvgIpc) is 2.88. The molecular weight excluding hydrogens is 310 g/mol. The van der Waals surface area contributed by atoms with Gasteiger partial charge in [0.1, 0.15) is 6.33 Å². The van der Waals surface area contributed by atoms with E-state index in [2.05, 4.69) is 4.98 Å². The summed E-state index contributed by atoms with van der Waals surface area (Å²) in [5.74, 6) is 0.420. The Labute approximate surface area is 130 Å². The molecule has 9 heteroatoms. The number of imidazole rings is 1. The fourth-order valence-electron chi connectivity index (χ4n) is 2.49. The van der Waals surface area contributed by atoms with E-state index in [1.54, 1.807) is 6.20 Å². The molecule has 0 amide bonds. The van der Waals surface area contributed by atoms with Crippen LogP contribution in [0.4, 0.5) is 0 Å². The Balaban J connectivity index is 2.06. The molecule has 0 saturated carbocycles. The van der Waals surface area contributed by atoms with Gasteiger partial charge in [-0.2, -0.15) is 12.7 Å². The van der Waals surface area contributed by atoms with Gasteiger partial charge in [0.05, 0.1) is 5.69 Å². The van der Waals surface area contributed by atoms with Crippen LogP contribution in [-0.2, 0) is 16.6 Å². The fourth-order valence-corrected chi connectivity index (χ4v) is 3.62. The molecule has 2 N–H and O–H groups in total. The molecule has 1 aliphatic heterocycles. The molecule has 0 unspecified atom stereocenters. The van der Waals surface area contributed by atoms with E-state index in [0.717, 1.165) is 31.6 Å². The average molecular weight is 331 g/mol. The van der Waals surface area contributed by atoms with E-state index in [9.17, 15) is 8.42 Å². The summed E-state index contributed by atoms with van der Waals surface area (Å²) in [5, 5.41) is 0.439. The molecule has 1 aliphatic rings. The third kappa shape index (κ3) is 3.53. The number of nitrogens with zero attached hydrogens (tertiary/aromatic N) is 4. The van der Waals surface area contributed by atoms with Gasteiger partial charge in [-0.3, -0.25) is 0 Å². The summed E-state index contributed by atoms with van der Waals surface area (Å²) in [6.45, 7) is 1.66. The number of hydrogen-bond donors (Lipinski definition) is 1. The van der Waals surface area contributed by atoms with Gasteiger partial charge in [-0.1, -0.05) is 0 Å². The van der Waals surface area contributed by atoms with Gasteiger partial charge in [-0.05, 0) is 37.4 Å². The zero-order valence-corrected chi connectivity index (χ0v) is 13.9. The predicted molar refractivity (Wildman–Crippen MR) is 85.0 cm³/mol. The van der Waals surface area contributed by atoms with Gasteiger partial charge < -0.3 is 10.6 Å². The number of piperidine rings is 1. The first kappa shape index (κ1) is 16.2. The van der Waals surface area contributed by atoms with Crippen molar-refractivity contribution in [2.75, 3.05) is 27.2 Å². The molecule has 0 aromatic carbocycles. The van der Waals surface area contributed by atoms with Crippen LogP contribution >= 0.6 is 12.2 Å². The van der Waals surface area contributed by atoms with Crippen LogP contribution in [0, 0.1) is 5.92 Å². The number of aromatic nitrogens is 2. The molecule has 0 radical (unpaired) electrons. The van der Waals surface area contributed by atoms with Crippen LogP contribution in [-0.4, -0.2) is 58.9 Å². The zero-order chi connectivity index (χ0) is 15.6. The maximum Gasteiger partial charge on any atom is 0.308 e. The SMILES string of the molecule is CN(C)S(=O)(=O)n1cncc1CC1CCN(C(N)=S)CC1. The van der Waals surface area contributed by atoms with Crippen molar-refractivity contribution < 1.29 is 8.42 Å². The van der Waals surface area contributed by atoms with Crippen molar-refractivity contribution in [3.05, 3.63) is 18.2 Å². The summed E-state index contributed by atoms with van der Waals surface area (Å²) in [5.41, 5.74) is 6.34. The van der Waals surface area contributed by atoms with Gasteiger partial charge >= 0.3 is 10.2 Å². The quantitative estimate of drug-likeness (QED) is 0.784. The van der Waals surface area contributed by atoms with E-state index in [1.807, 2.05) is 4.90 Å². The summed E-state index contributed by atoms with van der Waals surface area (Å²) in [7, 11) is -0.476.